The maximum atomic E-state index is 11.9. The standard InChI is InChI=1S/C11H21N3O/c1-12-7-10-8-14(6-5-13(10)2)11(15)9-3-4-9/h9-10,12H,3-8H2,1-2H3. The first-order valence-electron chi connectivity index (χ1n) is 5.86. The number of nitrogens with zero attached hydrogens (tertiary/aromatic N) is 2. The van der Waals surface area contributed by atoms with Gasteiger partial charge in [-0.25, -0.2) is 0 Å². The molecule has 1 unspecified atom stereocenters. The van der Waals surface area contributed by atoms with Gasteiger partial charge in [-0.2, -0.15) is 0 Å². The second-order valence-corrected chi connectivity index (χ2v) is 4.75. The molecular weight excluding hydrogens is 190 g/mol. The fourth-order valence-corrected chi connectivity index (χ4v) is 2.19. The molecule has 2 fully saturated rings. The zero-order valence-corrected chi connectivity index (χ0v) is 9.70. The lowest BCUT2D eigenvalue weighted by Crippen LogP contribution is -2.56. The van der Waals surface area contributed by atoms with Crippen LogP contribution in [0.25, 0.3) is 0 Å². The molecule has 2 aliphatic rings. The minimum atomic E-state index is 0.364. The van der Waals surface area contributed by atoms with Crippen LogP contribution >= 0.6 is 0 Å². The van der Waals surface area contributed by atoms with Crippen LogP contribution in [0.3, 0.4) is 0 Å². The average molecular weight is 211 g/mol. The van der Waals surface area contributed by atoms with Gasteiger partial charge in [-0.05, 0) is 26.9 Å². The first-order valence-corrected chi connectivity index (χ1v) is 5.86. The first kappa shape index (κ1) is 10.9. The summed E-state index contributed by atoms with van der Waals surface area (Å²) in [5.74, 6) is 0.757. The summed E-state index contributed by atoms with van der Waals surface area (Å²) in [6, 6.07) is 0.478. The highest BCUT2D eigenvalue weighted by atomic mass is 16.2. The van der Waals surface area contributed by atoms with Gasteiger partial charge in [0.2, 0.25) is 5.91 Å². The molecule has 0 spiro atoms. The zero-order chi connectivity index (χ0) is 10.8. The van der Waals surface area contributed by atoms with Crippen molar-refractivity contribution in [1.82, 2.24) is 15.1 Å². The molecule has 0 aromatic carbocycles. The molecule has 1 saturated heterocycles. The maximum absolute atomic E-state index is 11.9. The van der Waals surface area contributed by atoms with Gasteiger partial charge in [-0.1, -0.05) is 0 Å². The molecule has 15 heavy (non-hydrogen) atoms. The van der Waals surface area contributed by atoms with Crippen LogP contribution in [0.15, 0.2) is 0 Å². The van der Waals surface area contributed by atoms with Gasteiger partial charge >= 0.3 is 0 Å². The van der Waals surface area contributed by atoms with E-state index in [9.17, 15) is 4.79 Å². The Hall–Kier alpha value is -0.610. The predicted molar refractivity (Wildman–Crippen MR) is 59.6 cm³/mol. The molecule has 4 heteroatoms. The van der Waals surface area contributed by atoms with Crippen LogP contribution in [-0.4, -0.2) is 62.0 Å². The summed E-state index contributed by atoms with van der Waals surface area (Å²) in [5.41, 5.74) is 0. The second kappa shape index (κ2) is 4.49. The molecule has 1 heterocycles. The minimum Gasteiger partial charge on any atom is -0.340 e. The quantitative estimate of drug-likeness (QED) is 0.700. The first-order chi connectivity index (χ1) is 7.22. The molecule has 2 rings (SSSR count). The molecule has 86 valence electrons. The number of piperazine rings is 1. The van der Waals surface area contributed by atoms with Gasteiger partial charge in [-0.15, -0.1) is 0 Å². The summed E-state index contributed by atoms with van der Waals surface area (Å²) >= 11 is 0. The molecule has 1 aliphatic heterocycles. The van der Waals surface area contributed by atoms with E-state index < -0.39 is 0 Å². The molecule has 1 amide bonds. The number of carbonyl (C=O) groups excluding carboxylic acids is 1. The summed E-state index contributed by atoms with van der Waals surface area (Å²) < 4.78 is 0. The Morgan fingerprint density at radius 1 is 1.40 bits per heavy atom. The van der Waals surface area contributed by atoms with Gasteiger partial charge in [0.1, 0.15) is 0 Å². The van der Waals surface area contributed by atoms with Crippen LogP contribution in [0.4, 0.5) is 0 Å². The lowest BCUT2D eigenvalue weighted by Gasteiger charge is -2.39. The van der Waals surface area contributed by atoms with Crippen molar-refractivity contribution in [1.29, 1.82) is 0 Å². The van der Waals surface area contributed by atoms with Gasteiger partial charge in [0.25, 0.3) is 0 Å². The Balaban J connectivity index is 1.89. The van der Waals surface area contributed by atoms with Crippen LogP contribution in [-0.2, 0) is 4.79 Å². The van der Waals surface area contributed by atoms with Crippen molar-refractivity contribution < 1.29 is 4.79 Å². The third kappa shape index (κ3) is 2.49. The molecule has 0 bridgehead atoms. The van der Waals surface area contributed by atoms with Gasteiger partial charge in [-0.3, -0.25) is 9.69 Å². The van der Waals surface area contributed by atoms with E-state index in [1.165, 1.54) is 0 Å². The Morgan fingerprint density at radius 3 is 2.73 bits per heavy atom. The summed E-state index contributed by atoms with van der Waals surface area (Å²) in [6.45, 7) is 3.77. The number of likely N-dealkylation sites (N-methyl/N-ethyl adjacent to an activating group) is 2. The number of rotatable bonds is 3. The Morgan fingerprint density at radius 2 is 2.13 bits per heavy atom. The van der Waals surface area contributed by atoms with E-state index in [1.807, 2.05) is 7.05 Å². The largest absolute Gasteiger partial charge is 0.340 e. The third-order valence-electron chi connectivity index (χ3n) is 3.46. The summed E-state index contributed by atoms with van der Waals surface area (Å²) in [6.07, 6.45) is 2.23. The van der Waals surface area contributed by atoms with Crippen molar-refractivity contribution in [2.75, 3.05) is 40.3 Å². The number of carbonyl (C=O) groups is 1. The molecule has 0 aromatic heterocycles. The third-order valence-corrected chi connectivity index (χ3v) is 3.46. The maximum Gasteiger partial charge on any atom is 0.225 e. The van der Waals surface area contributed by atoms with Crippen LogP contribution in [0.5, 0.6) is 0 Å². The molecule has 1 N–H and O–H groups in total. The molecule has 4 nitrogen and oxygen atoms in total. The Labute approximate surface area is 91.6 Å². The number of hydrogen-bond donors (Lipinski definition) is 1. The lowest BCUT2D eigenvalue weighted by atomic mass is 10.1. The van der Waals surface area contributed by atoms with Crippen LogP contribution in [0.1, 0.15) is 12.8 Å². The summed E-state index contributed by atoms with van der Waals surface area (Å²) in [7, 11) is 4.11. The van der Waals surface area contributed by atoms with Crippen molar-refractivity contribution >= 4 is 5.91 Å². The fraction of sp³-hybridized carbons (Fsp3) is 0.909. The Kier molecular flexibility index (Phi) is 3.26. The van der Waals surface area contributed by atoms with Crippen molar-refractivity contribution in [2.45, 2.75) is 18.9 Å². The molecule has 1 saturated carbocycles. The van der Waals surface area contributed by atoms with Crippen molar-refractivity contribution in [3.8, 4) is 0 Å². The molecule has 0 radical (unpaired) electrons. The lowest BCUT2D eigenvalue weighted by molar-refractivity contribution is -0.135. The fourth-order valence-electron chi connectivity index (χ4n) is 2.19. The molecule has 1 aliphatic carbocycles. The van der Waals surface area contributed by atoms with E-state index in [0.29, 0.717) is 17.9 Å². The minimum absolute atomic E-state index is 0.364. The van der Waals surface area contributed by atoms with E-state index in [1.54, 1.807) is 0 Å². The summed E-state index contributed by atoms with van der Waals surface area (Å²) in [5, 5.41) is 3.19. The highest BCUT2D eigenvalue weighted by Gasteiger charge is 2.36. The summed E-state index contributed by atoms with van der Waals surface area (Å²) in [4.78, 5) is 16.3. The highest BCUT2D eigenvalue weighted by molar-refractivity contribution is 5.81. The smallest absolute Gasteiger partial charge is 0.225 e. The molecule has 0 aromatic rings. The normalized spacial score (nSPS) is 28.1. The van der Waals surface area contributed by atoms with Crippen molar-refractivity contribution in [3.05, 3.63) is 0 Å². The topological polar surface area (TPSA) is 35.6 Å². The second-order valence-electron chi connectivity index (χ2n) is 4.75. The van der Waals surface area contributed by atoms with Gasteiger partial charge in [0, 0.05) is 38.1 Å². The van der Waals surface area contributed by atoms with Crippen molar-refractivity contribution in [3.63, 3.8) is 0 Å². The van der Waals surface area contributed by atoms with Gasteiger partial charge < -0.3 is 10.2 Å². The Bertz CT molecular complexity index is 240. The highest BCUT2D eigenvalue weighted by Crippen LogP contribution is 2.31. The number of amides is 1. The van der Waals surface area contributed by atoms with E-state index in [2.05, 4.69) is 22.2 Å². The van der Waals surface area contributed by atoms with E-state index in [4.69, 9.17) is 0 Å². The van der Waals surface area contributed by atoms with Gasteiger partial charge in [0.15, 0.2) is 0 Å². The van der Waals surface area contributed by atoms with E-state index in [0.717, 1.165) is 39.0 Å². The van der Waals surface area contributed by atoms with Gasteiger partial charge in [0.05, 0.1) is 0 Å². The van der Waals surface area contributed by atoms with Crippen LogP contribution in [0, 0.1) is 5.92 Å². The van der Waals surface area contributed by atoms with Crippen LogP contribution in [0.2, 0.25) is 0 Å². The van der Waals surface area contributed by atoms with Crippen molar-refractivity contribution in [2.24, 2.45) is 5.92 Å². The molecule has 1 atom stereocenters. The number of hydrogen-bond acceptors (Lipinski definition) is 3. The average Bonchev–Trinajstić information content (AvgIpc) is 3.04. The monoisotopic (exact) mass is 211 g/mol. The van der Waals surface area contributed by atoms with E-state index >= 15 is 0 Å². The predicted octanol–water partition coefficient (Wildman–Crippen LogP) is -0.242. The number of nitrogens with one attached hydrogen (secondary N) is 1. The molecular formula is C11H21N3O. The van der Waals surface area contributed by atoms with E-state index in [-0.39, 0.29) is 0 Å². The zero-order valence-electron chi connectivity index (χ0n) is 9.70. The SMILES string of the molecule is CNCC1CN(C(=O)C2CC2)CCN1C. The van der Waals surface area contributed by atoms with Crippen LogP contribution < -0.4 is 5.32 Å².